The Kier molecular flexibility index (Phi) is 2.37. The summed E-state index contributed by atoms with van der Waals surface area (Å²) in [5.74, 6) is -4.18. The molecule has 2 nitrogen and oxygen atoms in total. The van der Waals surface area contributed by atoms with E-state index in [9.17, 15) is 21.6 Å². The smallest absolute Gasteiger partial charge is 0.177 e. The molecule has 0 N–H and O–H groups in total. The number of thiol groups is 1. The van der Waals surface area contributed by atoms with E-state index in [1.807, 2.05) is 0 Å². The van der Waals surface area contributed by atoms with Gasteiger partial charge in [-0.05, 0) is 6.07 Å². The Hall–Kier alpha value is -1.04. The molecule has 0 amide bonds. The molecule has 1 aromatic rings. The van der Waals surface area contributed by atoms with Crippen LogP contribution in [-0.4, -0.2) is 8.42 Å². The van der Waals surface area contributed by atoms with Crippen LogP contribution < -0.4 is 0 Å². The number of rotatable bonds is 1. The molecule has 0 aliphatic carbocycles. The van der Waals surface area contributed by atoms with Gasteiger partial charge in [0.1, 0.15) is 10.7 Å². The van der Waals surface area contributed by atoms with E-state index in [0.717, 1.165) is 0 Å². The van der Waals surface area contributed by atoms with E-state index in [-0.39, 0.29) is 6.07 Å². The topological polar surface area (TPSA) is 34.1 Å². The molecule has 6 heteroatoms. The maximum atomic E-state index is 12.5. The molecular weight excluding hydrogens is 193 g/mol. The first kappa shape index (κ1) is 9.05. The predicted molar refractivity (Wildman–Crippen MR) is 34.9 cm³/mol. The second kappa shape index (κ2) is 3.14. The van der Waals surface area contributed by atoms with Crippen LogP contribution in [0.3, 0.4) is 0 Å². The van der Waals surface area contributed by atoms with Gasteiger partial charge >= 0.3 is 0 Å². The maximum absolute atomic E-state index is 12.5. The van der Waals surface area contributed by atoms with Gasteiger partial charge in [-0.1, -0.05) is 0 Å². The minimum Gasteiger partial charge on any atom is -0.227 e. The summed E-state index contributed by atoms with van der Waals surface area (Å²) in [4.78, 5) is -0.970. The highest BCUT2D eigenvalue weighted by Crippen LogP contribution is 2.14. The first-order valence-corrected chi connectivity index (χ1v) is 3.99. The Bertz CT molecular complexity index is 379. The largest absolute Gasteiger partial charge is 0.227 e. The molecule has 0 spiro atoms. The monoisotopic (exact) mass is 196 g/mol. The molecule has 66 valence electrons. The quantitative estimate of drug-likeness (QED) is 0.538. The van der Waals surface area contributed by atoms with Crippen LogP contribution in [-0.2, 0) is 10.7 Å². The lowest BCUT2D eigenvalue weighted by atomic mass is 10.3. The summed E-state index contributed by atoms with van der Waals surface area (Å²) in [6, 6.07) is 0.696. The van der Waals surface area contributed by atoms with Crippen LogP contribution in [0.5, 0.6) is 0 Å². The first-order valence-electron chi connectivity index (χ1n) is 2.81. The second-order valence-corrected chi connectivity index (χ2v) is 2.97. The van der Waals surface area contributed by atoms with Crippen LogP contribution in [0.4, 0.5) is 13.2 Å². The minimum absolute atomic E-state index is 0.275. The van der Waals surface area contributed by atoms with Crippen molar-refractivity contribution in [2.45, 2.75) is 4.90 Å². The molecular formula is C6H3F3O2S. The Morgan fingerprint density at radius 2 is 1.67 bits per heavy atom. The van der Waals surface area contributed by atoms with Gasteiger partial charge in [-0.25, -0.2) is 21.6 Å². The zero-order chi connectivity index (χ0) is 9.30. The van der Waals surface area contributed by atoms with Gasteiger partial charge in [-0.3, -0.25) is 0 Å². The Labute approximate surface area is 67.6 Å². The molecule has 0 aliphatic heterocycles. The van der Waals surface area contributed by atoms with Crippen molar-refractivity contribution in [2.24, 2.45) is 0 Å². The van der Waals surface area contributed by atoms with Crippen molar-refractivity contribution >= 4 is 10.7 Å². The highest BCUT2D eigenvalue weighted by Gasteiger charge is 2.12. The van der Waals surface area contributed by atoms with E-state index < -0.39 is 33.1 Å². The van der Waals surface area contributed by atoms with E-state index in [1.165, 1.54) is 0 Å². The van der Waals surface area contributed by atoms with Crippen molar-refractivity contribution in [3.63, 3.8) is 0 Å². The predicted octanol–water partition coefficient (Wildman–Crippen LogP) is 1.07. The molecule has 0 unspecified atom stereocenters. The third-order valence-electron chi connectivity index (χ3n) is 1.17. The number of benzene rings is 1. The van der Waals surface area contributed by atoms with Crippen molar-refractivity contribution in [1.29, 1.82) is 0 Å². The molecule has 1 rings (SSSR count). The minimum atomic E-state index is -3.30. The molecule has 12 heavy (non-hydrogen) atoms. The Morgan fingerprint density at radius 3 is 2.17 bits per heavy atom. The fourth-order valence-electron chi connectivity index (χ4n) is 0.675. The van der Waals surface area contributed by atoms with Crippen molar-refractivity contribution in [1.82, 2.24) is 0 Å². The molecule has 0 atom stereocenters. The SMILES string of the molecule is O=[SH](=O)c1cc(F)cc(F)c1F. The van der Waals surface area contributed by atoms with Crippen LogP contribution in [0.1, 0.15) is 0 Å². The molecule has 0 heterocycles. The Balaban J connectivity index is 3.48. The lowest BCUT2D eigenvalue weighted by Gasteiger charge is -1.95. The van der Waals surface area contributed by atoms with Crippen LogP contribution in [0, 0.1) is 17.5 Å². The highest BCUT2D eigenvalue weighted by molar-refractivity contribution is 7.72. The zero-order valence-corrected chi connectivity index (χ0v) is 6.45. The van der Waals surface area contributed by atoms with Gasteiger partial charge in [0.2, 0.25) is 0 Å². The Morgan fingerprint density at radius 1 is 1.08 bits per heavy atom. The van der Waals surface area contributed by atoms with E-state index in [0.29, 0.717) is 6.07 Å². The van der Waals surface area contributed by atoms with Gasteiger partial charge < -0.3 is 0 Å². The van der Waals surface area contributed by atoms with Gasteiger partial charge in [-0.2, -0.15) is 0 Å². The van der Waals surface area contributed by atoms with Crippen molar-refractivity contribution in [3.8, 4) is 0 Å². The maximum Gasteiger partial charge on any atom is 0.177 e. The summed E-state index contributed by atoms with van der Waals surface area (Å²) in [5, 5.41) is 0. The van der Waals surface area contributed by atoms with E-state index >= 15 is 0 Å². The average molecular weight is 196 g/mol. The van der Waals surface area contributed by atoms with Gasteiger partial charge in [0.25, 0.3) is 0 Å². The third kappa shape index (κ3) is 1.58. The highest BCUT2D eigenvalue weighted by atomic mass is 32.2. The molecule has 0 aromatic heterocycles. The number of hydrogen-bond acceptors (Lipinski definition) is 2. The normalized spacial score (nSPS) is 10.7. The summed E-state index contributed by atoms with van der Waals surface area (Å²) in [7, 11) is -3.30. The molecule has 0 fully saturated rings. The van der Waals surface area contributed by atoms with E-state index in [1.54, 1.807) is 0 Å². The van der Waals surface area contributed by atoms with E-state index in [2.05, 4.69) is 0 Å². The lowest BCUT2D eigenvalue weighted by molar-refractivity contribution is 0.472. The van der Waals surface area contributed by atoms with Crippen LogP contribution in [0.15, 0.2) is 17.0 Å². The van der Waals surface area contributed by atoms with Crippen LogP contribution >= 0.6 is 0 Å². The third-order valence-corrected chi connectivity index (χ3v) is 1.89. The van der Waals surface area contributed by atoms with Crippen molar-refractivity contribution < 1.29 is 21.6 Å². The first-order chi connectivity index (χ1) is 5.52. The van der Waals surface area contributed by atoms with Gasteiger partial charge in [-0.15, -0.1) is 0 Å². The average Bonchev–Trinajstić information content (AvgIpc) is 1.96. The second-order valence-electron chi connectivity index (χ2n) is 1.98. The van der Waals surface area contributed by atoms with Gasteiger partial charge in [0.15, 0.2) is 22.3 Å². The van der Waals surface area contributed by atoms with Crippen molar-refractivity contribution in [3.05, 3.63) is 29.6 Å². The van der Waals surface area contributed by atoms with Crippen LogP contribution in [0.25, 0.3) is 0 Å². The molecule has 0 saturated heterocycles. The summed E-state index contributed by atoms with van der Waals surface area (Å²) < 4.78 is 57.5. The molecule has 0 aliphatic rings. The summed E-state index contributed by atoms with van der Waals surface area (Å²) in [6.07, 6.45) is 0. The fourth-order valence-corrected chi connectivity index (χ4v) is 1.17. The molecule has 0 bridgehead atoms. The molecule has 0 saturated carbocycles. The van der Waals surface area contributed by atoms with Gasteiger partial charge in [0.05, 0.1) is 0 Å². The van der Waals surface area contributed by atoms with Crippen molar-refractivity contribution in [2.75, 3.05) is 0 Å². The molecule has 1 aromatic carbocycles. The standard InChI is InChI=1S/C6H3F3O2S/c7-3-1-4(8)6(9)5(2-3)12(10)11/h1-2,12H. The number of hydrogen-bond donors (Lipinski definition) is 1. The summed E-state index contributed by atoms with van der Waals surface area (Å²) in [5.41, 5.74) is 0. The number of halogens is 3. The summed E-state index contributed by atoms with van der Waals surface area (Å²) >= 11 is 0. The molecule has 0 radical (unpaired) electrons. The fraction of sp³-hybridized carbons (Fsp3) is 0. The lowest BCUT2D eigenvalue weighted by Crippen LogP contribution is -1.93. The van der Waals surface area contributed by atoms with Gasteiger partial charge in [0, 0.05) is 6.07 Å². The van der Waals surface area contributed by atoms with E-state index in [4.69, 9.17) is 0 Å². The summed E-state index contributed by atoms with van der Waals surface area (Å²) in [6.45, 7) is 0. The van der Waals surface area contributed by atoms with Crippen LogP contribution in [0.2, 0.25) is 0 Å². The zero-order valence-electron chi connectivity index (χ0n) is 5.55.